The lowest BCUT2D eigenvalue weighted by Gasteiger charge is -2.31. The van der Waals surface area contributed by atoms with Crippen LogP contribution >= 0.6 is 23.2 Å². The van der Waals surface area contributed by atoms with E-state index in [4.69, 9.17) is 23.2 Å². The van der Waals surface area contributed by atoms with E-state index < -0.39 is 16.2 Å². The SMILES string of the molecule is CN1c2ccc(C(=O)NCc3cccnc3)cc2C(=O)C(Cc2ccc(Cl)c(Cl)c2)S1=O. The number of nitrogens with one attached hydrogen (secondary N) is 1. The minimum absolute atomic E-state index is 0.240. The van der Waals surface area contributed by atoms with Crippen LogP contribution in [0.15, 0.2) is 60.9 Å². The fraction of sp³-hybridized carbons (Fsp3) is 0.174. The lowest BCUT2D eigenvalue weighted by Crippen LogP contribution is -2.42. The average molecular weight is 488 g/mol. The summed E-state index contributed by atoms with van der Waals surface area (Å²) in [6.45, 7) is 0.321. The van der Waals surface area contributed by atoms with Gasteiger partial charge >= 0.3 is 0 Å². The van der Waals surface area contributed by atoms with E-state index in [9.17, 15) is 13.8 Å². The molecule has 2 unspecified atom stereocenters. The van der Waals surface area contributed by atoms with E-state index in [1.807, 2.05) is 6.07 Å². The molecule has 1 aliphatic heterocycles. The van der Waals surface area contributed by atoms with Crippen LogP contribution in [0.2, 0.25) is 10.0 Å². The van der Waals surface area contributed by atoms with Gasteiger partial charge in [-0.3, -0.25) is 18.9 Å². The van der Waals surface area contributed by atoms with Crippen molar-refractivity contribution in [3.8, 4) is 0 Å². The van der Waals surface area contributed by atoms with Crippen molar-refractivity contribution in [1.29, 1.82) is 0 Å². The van der Waals surface area contributed by atoms with Gasteiger partial charge in [-0.05, 0) is 53.9 Å². The molecule has 0 spiro atoms. The van der Waals surface area contributed by atoms with Gasteiger partial charge in [0.15, 0.2) is 5.78 Å². The Labute approximate surface area is 198 Å². The lowest BCUT2D eigenvalue weighted by atomic mass is 9.98. The fourth-order valence-electron chi connectivity index (χ4n) is 3.53. The van der Waals surface area contributed by atoms with E-state index in [2.05, 4.69) is 10.3 Å². The summed E-state index contributed by atoms with van der Waals surface area (Å²) in [6, 6.07) is 13.6. The van der Waals surface area contributed by atoms with Crippen LogP contribution in [0.1, 0.15) is 31.8 Å². The first kappa shape index (κ1) is 22.5. The standard InChI is InChI=1S/C23H19Cl2N3O3S/c1-28-20-7-5-16(23(30)27-13-15-3-2-8-26-12-15)11-17(20)22(29)21(32(28)31)10-14-4-6-18(24)19(25)9-14/h2-9,11-12,21H,10,13H2,1H3,(H,27,30). The molecule has 2 aromatic carbocycles. The molecular weight excluding hydrogens is 469 g/mol. The highest BCUT2D eigenvalue weighted by atomic mass is 35.5. The molecule has 0 bridgehead atoms. The second-order valence-electron chi connectivity index (χ2n) is 7.35. The molecule has 32 heavy (non-hydrogen) atoms. The first-order valence-corrected chi connectivity index (χ1v) is 11.7. The number of benzene rings is 2. The van der Waals surface area contributed by atoms with Gasteiger partial charge in [0.25, 0.3) is 5.91 Å². The predicted octanol–water partition coefficient (Wildman–Crippen LogP) is 4.23. The molecule has 6 nitrogen and oxygen atoms in total. The zero-order valence-corrected chi connectivity index (χ0v) is 19.4. The number of pyridine rings is 1. The summed E-state index contributed by atoms with van der Waals surface area (Å²) >= 11 is 12.1. The van der Waals surface area contributed by atoms with Gasteiger partial charge in [-0.15, -0.1) is 0 Å². The Morgan fingerprint density at radius 3 is 2.66 bits per heavy atom. The van der Waals surface area contributed by atoms with Crippen LogP contribution in [0.25, 0.3) is 0 Å². The number of rotatable bonds is 5. The van der Waals surface area contributed by atoms with E-state index in [0.29, 0.717) is 33.4 Å². The van der Waals surface area contributed by atoms with Gasteiger partial charge in [-0.1, -0.05) is 35.3 Å². The summed E-state index contributed by atoms with van der Waals surface area (Å²) in [6.07, 6.45) is 3.58. The molecule has 164 valence electrons. The Morgan fingerprint density at radius 1 is 1.12 bits per heavy atom. The number of halogens is 2. The molecule has 3 aromatic rings. The number of fused-ring (bicyclic) bond motifs is 1. The van der Waals surface area contributed by atoms with E-state index in [1.165, 1.54) is 0 Å². The summed E-state index contributed by atoms with van der Waals surface area (Å²) in [5, 5.41) is 2.82. The number of carbonyl (C=O) groups is 2. The van der Waals surface area contributed by atoms with Crippen molar-refractivity contribution < 1.29 is 13.8 Å². The number of amides is 1. The number of Topliss-reactive ketones (excluding diaryl/α,β-unsaturated/α-hetero) is 1. The van der Waals surface area contributed by atoms with Crippen molar-refractivity contribution >= 4 is 51.6 Å². The Kier molecular flexibility index (Phi) is 6.60. The fourth-order valence-corrected chi connectivity index (χ4v) is 5.23. The van der Waals surface area contributed by atoms with E-state index in [0.717, 1.165) is 11.1 Å². The Hall–Kier alpha value is -2.74. The monoisotopic (exact) mass is 487 g/mol. The van der Waals surface area contributed by atoms with Crippen molar-refractivity contribution in [1.82, 2.24) is 10.3 Å². The summed E-state index contributed by atoms with van der Waals surface area (Å²) in [7, 11) is 0.0999. The number of ketones is 1. The van der Waals surface area contributed by atoms with Gasteiger partial charge in [0.1, 0.15) is 16.2 Å². The van der Waals surface area contributed by atoms with Crippen molar-refractivity contribution in [2.75, 3.05) is 11.4 Å². The van der Waals surface area contributed by atoms with Gasteiger partial charge < -0.3 is 5.32 Å². The van der Waals surface area contributed by atoms with E-state index in [1.54, 1.807) is 66.2 Å². The predicted molar refractivity (Wildman–Crippen MR) is 127 cm³/mol. The second-order valence-corrected chi connectivity index (χ2v) is 9.84. The summed E-state index contributed by atoms with van der Waals surface area (Å²) in [5.74, 6) is -0.579. The highest BCUT2D eigenvalue weighted by Gasteiger charge is 2.37. The summed E-state index contributed by atoms with van der Waals surface area (Å²) in [4.78, 5) is 29.9. The molecule has 9 heteroatoms. The van der Waals surface area contributed by atoms with Gasteiger partial charge in [-0.25, -0.2) is 4.21 Å². The van der Waals surface area contributed by atoms with Crippen LogP contribution in [-0.2, 0) is 24.0 Å². The highest BCUT2D eigenvalue weighted by Crippen LogP contribution is 2.33. The average Bonchev–Trinajstić information content (AvgIpc) is 2.81. The zero-order chi connectivity index (χ0) is 22.8. The van der Waals surface area contributed by atoms with Gasteiger partial charge in [0.05, 0.1) is 15.7 Å². The van der Waals surface area contributed by atoms with E-state index >= 15 is 0 Å². The number of nitrogens with zero attached hydrogens (tertiary/aromatic N) is 2. The Bertz CT molecular complexity index is 1220. The Balaban J connectivity index is 1.57. The molecular formula is C23H19Cl2N3O3S. The third-order valence-corrected chi connectivity index (χ3v) is 7.59. The molecule has 0 saturated carbocycles. The third kappa shape index (κ3) is 4.55. The van der Waals surface area contributed by atoms with Crippen LogP contribution in [0, 0.1) is 0 Å². The van der Waals surface area contributed by atoms with Crippen molar-refractivity contribution in [2.24, 2.45) is 0 Å². The molecule has 1 aromatic heterocycles. The zero-order valence-electron chi connectivity index (χ0n) is 17.0. The number of carbonyl (C=O) groups excluding carboxylic acids is 2. The molecule has 2 heterocycles. The largest absolute Gasteiger partial charge is 0.348 e. The maximum atomic E-state index is 13.3. The maximum Gasteiger partial charge on any atom is 0.251 e. The van der Waals surface area contributed by atoms with Crippen molar-refractivity contribution in [3.05, 3.63) is 93.2 Å². The molecule has 0 aliphatic carbocycles. The molecule has 0 saturated heterocycles. The number of hydrogen-bond acceptors (Lipinski definition) is 4. The third-order valence-electron chi connectivity index (χ3n) is 5.25. The summed E-state index contributed by atoms with van der Waals surface area (Å²) < 4.78 is 14.6. The minimum atomic E-state index is -1.57. The number of hydrogen-bond donors (Lipinski definition) is 1. The molecule has 0 fully saturated rings. The molecule has 1 N–H and O–H groups in total. The normalized spacial score (nSPS) is 17.7. The maximum absolute atomic E-state index is 13.3. The quantitative estimate of drug-likeness (QED) is 0.583. The van der Waals surface area contributed by atoms with Crippen molar-refractivity contribution in [2.45, 2.75) is 18.2 Å². The molecule has 0 radical (unpaired) electrons. The lowest BCUT2D eigenvalue weighted by molar-refractivity contribution is 0.0951. The van der Waals surface area contributed by atoms with Crippen LogP contribution in [-0.4, -0.2) is 33.2 Å². The van der Waals surface area contributed by atoms with Gasteiger partial charge in [0.2, 0.25) is 0 Å². The second kappa shape index (κ2) is 9.40. The smallest absolute Gasteiger partial charge is 0.251 e. The van der Waals surface area contributed by atoms with Crippen LogP contribution in [0.4, 0.5) is 5.69 Å². The first-order chi connectivity index (χ1) is 15.3. The molecule has 4 rings (SSSR count). The van der Waals surface area contributed by atoms with Crippen LogP contribution in [0.3, 0.4) is 0 Å². The van der Waals surface area contributed by atoms with Crippen molar-refractivity contribution in [3.63, 3.8) is 0 Å². The number of anilines is 1. The van der Waals surface area contributed by atoms with Gasteiger partial charge in [0, 0.05) is 37.1 Å². The van der Waals surface area contributed by atoms with Crippen LogP contribution in [0.5, 0.6) is 0 Å². The summed E-state index contributed by atoms with van der Waals surface area (Å²) in [5.41, 5.74) is 2.88. The highest BCUT2D eigenvalue weighted by molar-refractivity contribution is 7.88. The van der Waals surface area contributed by atoms with Crippen LogP contribution < -0.4 is 9.62 Å². The minimum Gasteiger partial charge on any atom is -0.348 e. The molecule has 1 amide bonds. The topological polar surface area (TPSA) is 79.4 Å². The van der Waals surface area contributed by atoms with Gasteiger partial charge in [-0.2, -0.15) is 0 Å². The number of aromatic nitrogens is 1. The first-order valence-electron chi connectivity index (χ1n) is 9.79. The molecule has 2 atom stereocenters. The molecule has 1 aliphatic rings. The Morgan fingerprint density at radius 2 is 1.94 bits per heavy atom. The van der Waals surface area contributed by atoms with E-state index in [-0.39, 0.29) is 18.1 Å².